The molecule has 124 valence electrons. The molecule has 0 radical (unpaired) electrons. The molecule has 0 fully saturated rings. The molecule has 0 amide bonds. The molecule has 0 saturated heterocycles. The van der Waals surface area contributed by atoms with Crippen LogP contribution in [0.3, 0.4) is 0 Å². The molecular formula is C16H31NO4. The van der Waals surface area contributed by atoms with Gasteiger partial charge in [-0.15, -0.1) is 0 Å². The SMILES string of the molecule is CCCCCCCCCCCCN(CC(=O)O)CC(=O)O. The standard InChI is InChI=1S/C16H31NO4/c1-2-3-4-5-6-7-8-9-10-11-12-17(13-15(18)19)14-16(20)21/h2-14H2,1H3,(H,18,19)(H,20,21). The van der Waals surface area contributed by atoms with E-state index in [1.54, 1.807) is 0 Å². The highest BCUT2D eigenvalue weighted by Crippen LogP contribution is 2.10. The Morgan fingerprint density at radius 2 is 1.10 bits per heavy atom. The summed E-state index contributed by atoms with van der Waals surface area (Å²) in [4.78, 5) is 22.8. The Labute approximate surface area is 128 Å². The molecule has 5 nitrogen and oxygen atoms in total. The topological polar surface area (TPSA) is 77.8 Å². The van der Waals surface area contributed by atoms with E-state index in [-0.39, 0.29) is 13.1 Å². The zero-order valence-corrected chi connectivity index (χ0v) is 13.4. The molecule has 2 N–H and O–H groups in total. The van der Waals surface area contributed by atoms with Gasteiger partial charge in [0.15, 0.2) is 0 Å². The van der Waals surface area contributed by atoms with Gasteiger partial charge in [0.2, 0.25) is 0 Å². The summed E-state index contributed by atoms with van der Waals surface area (Å²) in [7, 11) is 0. The van der Waals surface area contributed by atoms with Crippen LogP contribution in [0.2, 0.25) is 0 Å². The summed E-state index contributed by atoms with van der Waals surface area (Å²) < 4.78 is 0. The third kappa shape index (κ3) is 15.1. The van der Waals surface area contributed by atoms with Crippen LogP contribution in [0.5, 0.6) is 0 Å². The van der Waals surface area contributed by atoms with Crippen LogP contribution in [0.15, 0.2) is 0 Å². The van der Waals surface area contributed by atoms with Gasteiger partial charge in [-0.25, -0.2) is 0 Å². The predicted octanol–water partition coefficient (Wildman–Crippen LogP) is 3.38. The van der Waals surface area contributed by atoms with Crippen molar-refractivity contribution < 1.29 is 19.8 Å². The number of hydrogen-bond donors (Lipinski definition) is 2. The number of nitrogens with zero attached hydrogens (tertiary/aromatic N) is 1. The van der Waals surface area contributed by atoms with E-state index >= 15 is 0 Å². The summed E-state index contributed by atoms with van der Waals surface area (Å²) in [5, 5.41) is 17.4. The highest BCUT2D eigenvalue weighted by atomic mass is 16.4. The van der Waals surface area contributed by atoms with Crippen molar-refractivity contribution in [2.75, 3.05) is 19.6 Å². The summed E-state index contributed by atoms with van der Waals surface area (Å²) in [6.07, 6.45) is 12.2. The molecule has 21 heavy (non-hydrogen) atoms. The average molecular weight is 301 g/mol. The van der Waals surface area contributed by atoms with Gasteiger partial charge in [-0.3, -0.25) is 14.5 Å². The maximum absolute atomic E-state index is 10.6. The lowest BCUT2D eigenvalue weighted by Crippen LogP contribution is -2.35. The zero-order valence-electron chi connectivity index (χ0n) is 13.4. The first-order chi connectivity index (χ1) is 10.1. The quantitative estimate of drug-likeness (QED) is 0.453. The van der Waals surface area contributed by atoms with Crippen molar-refractivity contribution >= 4 is 11.9 Å². The second-order valence-electron chi connectivity index (χ2n) is 5.68. The Bertz CT molecular complexity index is 265. The molecule has 5 heteroatoms. The fourth-order valence-electron chi connectivity index (χ4n) is 2.42. The minimum Gasteiger partial charge on any atom is -0.480 e. The fraction of sp³-hybridized carbons (Fsp3) is 0.875. The molecule has 0 unspecified atom stereocenters. The van der Waals surface area contributed by atoms with Crippen LogP contribution in [0, 0.1) is 0 Å². The number of carboxylic acids is 2. The van der Waals surface area contributed by atoms with Gasteiger partial charge >= 0.3 is 11.9 Å². The fourth-order valence-corrected chi connectivity index (χ4v) is 2.42. The van der Waals surface area contributed by atoms with E-state index in [0.717, 1.165) is 19.3 Å². The van der Waals surface area contributed by atoms with Crippen LogP contribution in [0.25, 0.3) is 0 Å². The van der Waals surface area contributed by atoms with E-state index in [1.165, 1.54) is 49.8 Å². The van der Waals surface area contributed by atoms with Gasteiger partial charge in [0, 0.05) is 0 Å². The molecule has 0 aliphatic heterocycles. The van der Waals surface area contributed by atoms with Crippen LogP contribution < -0.4 is 0 Å². The van der Waals surface area contributed by atoms with Crippen molar-refractivity contribution in [1.82, 2.24) is 4.90 Å². The Balaban J connectivity index is 3.48. The maximum atomic E-state index is 10.6. The first kappa shape index (κ1) is 19.9. The lowest BCUT2D eigenvalue weighted by molar-refractivity contribution is -0.141. The largest absolute Gasteiger partial charge is 0.480 e. The monoisotopic (exact) mass is 301 g/mol. The average Bonchev–Trinajstić information content (AvgIpc) is 2.39. The number of hydrogen-bond acceptors (Lipinski definition) is 3. The first-order valence-electron chi connectivity index (χ1n) is 8.22. The van der Waals surface area contributed by atoms with Crippen molar-refractivity contribution in [1.29, 1.82) is 0 Å². The molecule has 0 aromatic carbocycles. The number of rotatable bonds is 15. The van der Waals surface area contributed by atoms with Gasteiger partial charge in [-0.05, 0) is 13.0 Å². The zero-order chi connectivity index (χ0) is 15.9. The summed E-state index contributed by atoms with van der Waals surface area (Å²) >= 11 is 0. The van der Waals surface area contributed by atoms with E-state index < -0.39 is 11.9 Å². The summed E-state index contributed by atoms with van der Waals surface area (Å²) in [6.45, 7) is 2.39. The summed E-state index contributed by atoms with van der Waals surface area (Å²) in [5.74, 6) is -1.94. The van der Waals surface area contributed by atoms with Crippen LogP contribution in [-0.4, -0.2) is 46.7 Å². The lowest BCUT2D eigenvalue weighted by atomic mass is 10.1. The Hall–Kier alpha value is -1.10. The van der Waals surface area contributed by atoms with Gasteiger partial charge in [0.05, 0.1) is 13.1 Å². The van der Waals surface area contributed by atoms with Crippen LogP contribution in [0.4, 0.5) is 0 Å². The van der Waals surface area contributed by atoms with Crippen molar-refractivity contribution in [3.05, 3.63) is 0 Å². The number of carbonyl (C=O) groups is 2. The molecule has 0 aromatic heterocycles. The Morgan fingerprint density at radius 1 is 0.714 bits per heavy atom. The molecular weight excluding hydrogens is 270 g/mol. The van der Waals surface area contributed by atoms with E-state index in [4.69, 9.17) is 10.2 Å². The summed E-state index contributed by atoms with van der Waals surface area (Å²) in [5.41, 5.74) is 0. The Morgan fingerprint density at radius 3 is 1.48 bits per heavy atom. The lowest BCUT2D eigenvalue weighted by Gasteiger charge is -2.17. The van der Waals surface area contributed by atoms with Gasteiger partial charge in [0.25, 0.3) is 0 Å². The van der Waals surface area contributed by atoms with Crippen molar-refractivity contribution in [3.8, 4) is 0 Å². The van der Waals surface area contributed by atoms with E-state index in [0.29, 0.717) is 6.54 Å². The molecule has 0 aliphatic carbocycles. The molecule has 0 spiro atoms. The molecule has 0 atom stereocenters. The number of aliphatic carboxylic acids is 2. The van der Waals surface area contributed by atoms with E-state index in [1.807, 2.05) is 0 Å². The first-order valence-corrected chi connectivity index (χ1v) is 8.22. The van der Waals surface area contributed by atoms with Crippen molar-refractivity contribution in [2.24, 2.45) is 0 Å². The molecule has 0 bridgehead atoms. The van der Waals surface area contributed by atoms with Crippen LogP contribution in [-0.2, 0) is 9.59 Å². The van der Waals surface area contributed by atoms with Crippen LogP contribution >= 0.6 is 0 Å². The second-order valence-corrected chi connectivity index (χ2v) is 5.68. The second kappa shape index (κ2) is 13.9. The molecule has 0 aromatic rings. The number of unbranched alkanes of at least 4 members (excludes halogenated alkanes) is 9. The normalized spacial score (nSPS) is 11.0. The Kier molecular flexibility index (Phi) is 13.1. The molecule has 0 heterocycles. The molecule has 0 aliphatic rings. The smallest absolute Gasteiger partial charge is 0.317 e. The summed E-state index contributed by atoms with van der Waals surface area (Å²) in [6, 6.07) is 0. The van der Waals surface area contributed by atoms with Gasteiger partial charge in [-0.1, -0.05) is 64.7 Å². The molecule has 0 rings (SSSR count). The van der Waals surface area contributed by atoms with Gasteiger partial charge in [0.1, 0.15) is 0 Å². The van der Waals surface area contributed by atoms with E-state index in [2.05, 4.69) is 6.92 Å². The van der Waals surface area contributed by atoms with Crippen molar-refractivity contribution in [3.63, 3.8) is 0 Å². The highest BCUT2D eigenvalue weighted by molar-refractivity contribution is 5.72. The van der Waals surface area contributed by atoms with E-state index in [9.17, 15) is 9.59 Å². The number of carboxylic acid groups (broad SMARTS) is 2. The predicted molar refractivity (Wildman–Crippen MR) is 83.6 cm³/mol. The third-order valence-corrected chi connectivity index (χ3v) is 3.55. The van der Waals surface area contributed by atoms with Gasteiger partial charge in [-0.2, -0.15) is 0 Å². The van der Waals surface area contributed by atoms with Gasteiger partial charge < -0.3 is 10.2 Å². The minimum atomic E-state index is -0.969. The van der Waals surface area contributed by atoms with Crippen LogP contribution in [0.1, 0.15) is 71.1 Å². The third-order valence-electron chi connectivity index (χ3n) is 3.55. The maximum Gasteiger partial charge on any atom is 0.317 e. The highest BCUT2D eigenvalue weighted by Gasteiger charge is 2.12. The minimum absolute atomic E-state index is 0.191. The van der Waals surface area contributed by atoms with Crippen molar-refractivity contribution in [2.45, 2.75) is 71.1 Å². The molecule has 0 saturated carbocycles.